The Morgan fingerprint density at radius 2 is 2.10 bits per heavy atom. The van der Waals surface area contributed by atoms with Gasteiger partial charge in [0.2, 0.25) is 0 Å². The minimum atomic E-state index is -0.764. The van der Waals surface area contributed by atoms with Crippen molar-refractivity contribution in [1.82, 2.24) is 10.6 Å². The molecule has 0 saturated heterocycles. The number of carboxylic acids is 1. The summed E-state index contributed by atoms with van der Waals surface area (Å²) in [4.78, 5) is 22.2. The lowest BCUT2D eigenvalue weighted by Gasteiger charge is -2.15. The van der Waals surface area contributed by atoms with Crippen molar-refractivity contribution in [3.8, 4) is 0 Å². The van der Waals surface area contributed by atoms with Crippen molar-refractivity contribution in [3.05, 3.63) is 24.2 Å². The number of nitrogens with one attached hydrogen (secondary N) is 2. The molecule has 0 spiro atoms. The Hall–Kier alpha value is -1.98. The predicted octanol–water partition coefficient (Wildman–Crippen LogP) is 2.75. The van der Waals surface area contributed by atoms with Crippen LogP contribution in [0.4, 0.5) is 4.79 Å². The number of aliphatic carboxylic acids is 1. The molecule has 2 amide bonds. The van der Waals surface area contributed by atoms with Crippen LogP contribution in [0.1, 0.15) is 44.8 Å². The number of carboxylic acid groups (broad SMARTS) is 1. The number of carbonyl (C=O) groups is 2. The van der Waals surface area contributed by atoms with Gasteiger partial charge < -0.3 is 20.2 Å². The van der Waals surface area contributed by atoms with E-state index in [0.717, 1.165) is 19.3 Å². The van der Waals surface area contributed by atoms with Gasteiger partial charge in [-0.25, -0.2) is 4.79 Å². The van der Waals surface area contributed by atoms with Gasteiger partial charge in [0.25, 0.3) is 0 Å². The maximum Gasteiger partial charge on any atom is 0.315 e. The van der Waals surface area contributed by atoms with Crippen LogP contribution >= 0.6 is 0 Å². The predicted molar refractivity (Wildman–Crippen MR) is 78.8 cm³/mol. The lowest BCUT2D eigenvalue weighted by Crippen LogP contribution is -2.36. The van der Waals surface area contributed by atoms with Crippen LogP contribution in [-0.2, 0) is 11.3 Å². The third kappa shape index (κ3) is 8.02. The molecule has 0 bridgehead atoms. The summed E-state index contributed by atoms with van der Waals surface area (Å²) >= 11 is 0. The average molecular weight is 296 g/mol. The molecule has 1 heterocycles. The van der Waals surface area contributed by atoms with Crippen LogP contribution in [0.15, 0.2) is 22.8 Å². The van der Waals surface area contributed by atoms with Gasteiger partial charge in [-0.1, -0.05) is 19.8 Å². The van der Waals surface area contributed by atoms with Gasteiger partial charge in [0.1, 0.15) is 5.76 Å². The molecule has 0 aliphatic heterocycles. The first kappa shape index (κ1) is 17.1. The van der Waals surface area contributed by atoms with Gasteiger partial charge in [0.15, 0.2) is 0 Å². The SMILES string of the molecule is CCCC(CCNC(=O)NCc1ccco1)CCC(=O)O. The fourth-order valence-electron chi connectivity index (χ4n) is 2.20. The molecule has 1 aromatic heterocycles. The Balaban J connectivity index is 2.16. The van der Waals surface area contributed by atoms with Crippen LogP contribution in [0, 0.1) is 5.92 Å². The van der Waals surface area contributed by atoms with Crippen molar-refractivity contribution in [3.63, 3.8) is 0 Å². The third-order valence-electron chi connectivity index (χ3n) is 3.30. The van der Waals surface area contributed by atoms with Crippen molar-refractivity contribution in [2.24, 2.45) is 5.92 Å². The van der Waals surface area contributed by atoms with E-state index in [1.165, 1.54) is 0 Å². The van der Waals surface area contributed by atoms with E-state index in [-0.39, 0.29) is 12.5 Å². The summed E-state index contributed by atoms with van der Waals surface area (Å²) in [6.07, 6.45) is 5.23. The van der Waals surface area contributed by atoms with E-state index in [1.54, 1.807) is 18.4 Å². The second-order valence-corrected chi connectivity index (χ2v) is 5.06. The number of hydrogen-bond donors (Lipinski definition) is 3. The molecule has 118 valence electrons. The molecule has 1 atom stereocenters. The van der Waals surface area contributed by atoms with E-state index < -0.39 is 5.97 Å². The quantitative estimate of drug-likeness (QED) is 0.619. The number of rotatable bonds is 10. The zero-order chi connectivity index (χ0) is 15.5. The van der Waals surface area contributed by atoms with Gasteiger partial charge in [-0.05, 0) is 30.9 Å². The molecule has 6 nitrogen and oxygen atoms in total. The Kier molecular flexibility index (Phi) is 8.01. The molecule has 0 fully saturated rings. The highest BCUT2D eigenvalue weighted by Crippen LogP contribution is 2.17. The van der Waals surface area contributed by atoms with Crippen LogP contribution in [-0.4, -0.2) is 23.7 Å². The second-order valence-electron chi connectivity index (χ2n) is 5.06. The van der Waals surface area contributed by atoms with E-state index in [1.807, 2.05) is 0 Å². The maximum absolute atomic E-state index is 11.6. The number of hydrogen-bond acceptors (Lipinski definition) is 3. The molecule has 0 saturated carbocycles. The van der Waals surface area contributed by atoms with E-state index in [2.05, 4.69) is 17.6 Å². The van der Waals surface area contributed by atoms with Crippen LogP contribution < -0.4 is 10.6 Å². The molecule has 0 aliphatic rings. The molecule has 1 rings (SSSR count). The van der Waals surface area contributed by atoms with Gasteiger partial charge in [-0.3, -0.25) is 4.79 Å². The summed E-state index contributed by atoms with van der Waals surface area (Å²) in [7, 11) is 0. The Labute approximate surface area is 124 Å². The van der Waals surface area contributed by atoms with Crippen LogP contribution in [0.25, 0.3) is 0 Å². The number of urea groups is 1. The Bertz CT molecular complexity index is 417. The first-order valence-corrected chi connectivity index (χ1v) is 7.37. The highest BCUT2D eigenvalue weighted by Gasteiger charge is 2.11. The summed E-state index contributed by atoms with van der Waals surface area (Å²) in [5.74, 6) is 0.284. The molecule has 1 unspecified atom stereocenters. The van der Waals surface area contributed by atoms with Crippen molar-refractivity contribution in [1.29, 1.82) is 0 Å². The van der Waals surface area contributed by atoms with Crippen LogP contribution in [0.5, 0.6) is 0 Å². The standard InChI is InChI=1S/C15H24N2O4/c1-2-4-12(6-7-14(18)19)8-9-16-15(20)17-11-13-5-3-10-21-13/h3,5,10,12H,2,4,6-9,11H2,1H3,(H,18,19)(H2,16,17,20). The van der Waals surface area contributed by atoms with E-state index >= 15 is 0 Å². The zero-order valence-corrected chi connectivity index (χ0v) is 12.4. The molecule has 6 heteroatoms. The summed E-state index contributed by atoms with van der Waals surface area (Å²) in [6, 6.07) is 3.33. The van der Waals surface area contributed by atoms with Crippen molar-refractivity contribution in [2.45, 2.75) is 45.6 Å². The number of amides is 2. The molecule has 3 N–H and O–H groups in total. The smallest absolute Gasteiger partial charge is 0.315 e. The highest BCUT2D eigenvalue weighted by atomic mass is 16.4. The normalized spacial score (nSPS) is 11.9. The van der Waals surface area contributed by atoms with E-state index in [4.69, 9.17) is 9.52 Å². The minimum Gasteiger partial charge on any atom is -0.481 e. The monoisotopic (exact) mass is 296 g/mol. The number of furan rings is 1. The Morgan fingerprint density at radius 1 is 1.29 bits per heavy atom. The second kappa shape index (κ2) is 9.85. The van der Waals surface area contributed by atoms with Crippen molar-refractivity contribution >= 4 is 12.0 Å². The summed E-state index contributed by atoms with van der Waals surface area (Å²) < 4.78 is 5.11. The average Bonchev–Trinajstić information content (AvgIpc) is 2.95. The summed E-state index contributed by atoms with van der Waals surface area (Å²) in [5.41, 5.74) is 0. The van der Waals surface area contributed by atoms with Crippen molar-refractivity contribution in [2.75, 3.05) is 6.54 Å². The fraction of sp³-hybridized carbons (Fsp3) is 0.600. The molecule has 0 radical (unpaired) electrons. The first-order valence-electron chi connectivity index (χ1n) is 7.37. The maximum atomic E-state index is 11.6. The van der Waals surface area contributed by atoms with Crippen molar-refractivity contribution < 1.29 is 19.1 Å². The Morgan fingerprint density at radius 3 is 2.71 bits per heavy atom. The molecule has 0 aliphatic carbocycles. The summed E-state index contributed by atoms with van der Waals surface area (Å²) in [6.45, 7) is 2.99. The van der Waals surface area contributed by atoms with E-state index in [0.29, 0.717) is 31.2 Å². The van der Waals surface area contributed by atoms with Gasteiger partial charge in [0, 0.05) is 13.0 Å². The lowest BCUT2D eigenvalue weighted by molar-refractivity contribution is -0.137. The molecule has 1 aromatic rings. The zero-order valence-electron chi connectivity index (χ0n) is 12.4. The molecular formula is C15H24N2O4. The van der Waals surface area contributed by atoms with Gasteiger partial charge >= 0.3 is 12.0 Å². The molecule has 0 aromatic carbocycles. The highest BCUT2D eigenvalue weighted by molar-refractivity contribution is 5.73. The van der Waals surface area contributed by atoms with Gasteiger partial charge in [-0.2, -0.15) is 0 Å². The third-order valence-corrected chi connectivity index (χ3v) is 3.30. The van der Waals surface area contributed by atoms with Crippen LogP contribution in [0.3, 0.4) is 0 Å². The first-order chi connectivity index (χ1) is 10.1. The van der Waals surface area contributed by atoms with Gasteiger partial charge in [-0.15, -0.1) is 0 Å². The van der Waals surface area contributed by atoms with Gasteiger partial charge in [0.05, 0.1) is 12.8 Å². The number of carbonyl (C=O) groups excluding carboxylic acids is 1. The topological polar surface area (TPSA) is 91.6 Å². The lowest BCUT2D eigenvalue weighted by atomic mass is 9.94. The minimum absolute atomic E-state index is 0.190. The summed E-state index contributed by atoms with van der Waals surface area (Å²) in [5, 5.41) is 14.2. The largest absolute Gasteiger partial charge is 0.481 e. The molecular weight excluding hydrogens is 272 g/mol. The fourth-order valence-corrected chi connectivity index (χ4v) is 2.20. The van der Waals surface area contributed by atoms with Crippen LogP contribution in [0.2, 0.25) is 0 Å². The molecule has 21 heavy (non-hydrogen) atoms. The van der Waals surface area contributed by atoms with E-state index in [9.17, 15) is 9.59 Å².